The number of rotatable bonds is 4. The van der Waals surface area contributed by atoms with E-state index in [4.69, 9.17) is 10.5 Å². The molecule has 1 aliphatic heterocycles. The molecule has 0 atom stereocenters. The Labute approximate surface area is 141 Å². The number of benzene rings is 1. The summed E-state index contributed by atoms with van der Waals surface area (Å²) in [6.07, 6.45) is 1.79. The van der Waals surface area contributed by atoms with E-state index in [1.54, 1.807) is 4.90 Å². The molecule has 0 radical (unpaired) electrons. The predicted octanol–water partition coefficient (Wildman–Crippen LogP) is 2.69. The van der Waals surface area contributed by atoms with Crippen LogP contribution in [-0.2, 0) is 13.1 Å². The molecule has 0 saturated heterocycles. The summed E-state index contributed by atoms with van der Waals surface area (Å²) in [5.74, 6) is 1.25. The standard InChI is InChI=1S/C17H23N5O2/c1-2-9-24-15-6-3-5-13(10-15)19-17(23)21-7-4-8-22-14(12-21)11-16(18)20-22/h3,5-6,10-11H,2,4,7-9,12H2,1H3,(H2,18,20)(H,19,23). The Morgan fingerprint density at radius 3 is 3.08 bits per heavy atom. The van der Waals surface area contributed by atoms with Gasteiger partial charge in [-0.2, -0.15) is 5.10 Å². The highest BCUT2D eigenvalue weighted by Gasteiger charge is 2.20. The van der Waals surface area contributed by atoms with Gasteiger partial charge in [-0.05, 0) is 25.0 Å². The number of hydrogen-bond donors (Lipinski definition) is 2. The monoisotopic (exact) mass is 329 g/mol. The first kappa shape index (κ1) is 16.2. The van der Waals surface area contributed by atoms with Gasteiger partial charge in [-0.25, -0.2) is 4.79 Å². The quantitative estimate of drug-likeness (QED) is 0.903. The number of anilines is 2. The van der Waals surface area contributed by atoms with Gasteiger partial charge in [0, 0.05) is 30.9 Å². The predicted molar refractivity (Wildman–Crippen MR) is 92.9 cm³/mol. The van der Waals surface area contributed by atoms with Crippen LogP contribution in [0.4, 0.5) is 16.3 Å². The molecule has 2 heterocycles. The van der Waals surface area contributed by atoms with E-state index in [9.17, 15) is 4.79 Å². The van der Waals surface area contributed by atoms with E-state index in [1.165, 1.54) is 0 Å². The SMILES string of the molecule is CCCOc1cccc(NC(=O)N2CCCn3nc(N)cc3C2)c1. The highest BCUT2D eigenvalue weighted by atomic mass is 16.5. The maximum absolute atomic E-state index is 12.6. The lowest BCUT2D eigenvalue weighted by Crippen LogP contribution is -2.34. The number of nitrogens with two attached hydrogens (primary N) is 1. The molecular weight excluding hydrogens is 306 g/mol. The Kier molecular flexibility index (Phi) is 4.88. The van der Waals surface area contributed by atoms with Gasteiger partial charge < -0.3 is 20.7 Å². The Bertz CT molecular complexity index is 713. The fourth-order valence-corrected chi connectivity index (χ4v) is 2.74. The number of carbonyl (C=O) groups is 1. The molecule has 3 rings (SSSR count). The van der Waals surface area contributed by atoms with Gasteiger partial charge in [0.1, 0.15) is 11.6 Å². The number of ether oxygens (including phenoxy) is 1. The Hall–Kier alpha value is -2.70. The zero-order chi connectivity index (χ0) is 16.9. The summed E-state index contributed by atoms with van der Waals surface area (Å²) < 4.78 is 7.48. The molecule has 1 aliphatic rings. The van der Waals surface area contributed by atoms with Crippen molar-refractivity contribution in [2.45, 2.75) is 32.9 Å². The molecule has 2 amide bonds. The molecule has 1 aromatic heterocycles. The number of amides is 2. The lowest BCUT2D eigenvalue weighted by molar-refractivity contribution is 0.210. The molecular formula is C17H23N5O2. The van der Waals surface area contributed by atoms with E-state index < -0.39 is 0 Å². The second-order valence-corrected chi connectivity index (χ2v) is 5.87. The number of urea groups is 1. The summed E-state index contributed by atoms with van der Waals surface area (Å²) >= 11 is 0. The average molecular weight is 329 g/mol. The minimum atomic E-state index is -0.129. The van der Waals surface area contributed by atoms with Crippen molar-refractivity contribution in [1.82, 2.24) is 14.7 Å². The van der Waals surface area contributed by atoms with Crippen LogP contribution < -0.4 is 15.8 Å². The van der Waals surface area contributed by atoms with Gasteiger partial charge in [0.05, 0.1) is 18.8 Å². The summed E-state index contributed by atoms with van der Waals surface area (Å²) in [6, 6.07) is 9.16. The fourth-order valence-electron chi connectivity index (χ4n) is 2.74. The summed E-state index contributed by atoms with van der Waals surface area (Å²) in [5, 5.41) is 7.19. The second-order valence-electron chi connectivity index (χ2n) is 5.87. The molecule has 0 saturated carbocycles. The number of aryl methyl sites for hydroxylation is 1. The molecule has 128 valence electrons. The van der Waals surface area contributed by atoms with Crippen molar-refractivity contribution in [2.75, 3.05) is 24.2 Å². The minimum Gasteiger partial charge on any atom is -0.494 e. The summed E-state index contributed by atoms with van der Waals surface area (Å²) in [5.41, 5.74) is 7.43. The van der Waals surface area contributed by atoms with Gasteiger partial charge in [-0.3, -0.25) is 4.68 Å². The maximum Gasteiger partial charge on any atom is 0.322 e. The molecule has 24 heavy (non-hydrogen) atoms. The average Bonchev–Trinajstić information content (AvgIpc) is 2.79. The van der Waals surface area contributed by atoms with Crippen molar-refractivity contribution in [2.24, 2.45) is 0 Å². The van der Waals surface area contributed by atoms with Crippen LogP contribution >= 0.6 is 0 Å². The van der Waals surface area contributed by atoms with E-state index in [0.29, 0.717) is 25.5 Å². The van der Waals surface area contributed by atoms with Gasteiger partial charge in [-0.15, -0.1) is 0 Å². The smallest absolute Gasteiger partial charge is 0.322 e. The van der Waals surface area contributed by atoms with Crippen molar-refractivity contribution in [3.63, 3.8) is 0 Å². The van der Waals surface area contributed by atoms with E-state index in [1.807, 2.05) is 35.0 Å². The Morgan fingerprint density at radius 2 is 2.25 bits per heavy atom. The normalized spacial score (nSPS) is 14.0. The number of nitrogens with one attached hydrogen (secondary N) is 1. The van der Waals surface area contributed by atoms with E-state index in [-0.39, 0.29) is 6.03 Å². The van der Waals surface area contributed by atoms with E-state index in [2.05, 4.69) is 17.3 Å². The third kappa shape index (κ3) is 3.79. The molecule has 1 aromatic carbocycles. The highest BCUT2D eigenvalue weighted by molar-refractivity contribution is 5.89. The number of nitrogen functional groups attached to an aromatic ring is 1. The van der Waals surface area contributed by atoms with E-state index in [0.717, 1.165) is 36.5 Å². The van der Waals surface area contributed by atoms with Crippen LogP contribution in [0.15, 0.2) is 30.3 Å². The third-order valence-electron chi connectivity index (χ3n) is 3.88. The number of nitrogens with zero attached hydrogens (tertiary/aromatic N) is 3. The van der Waals surface area contributed by atoms with Crippen LogP contribution in [0.3, 0.4) is 0 Å². The molecule has 3 N–H and O–H groups in total. The van der Waals surface area contributed by atoms with Crippen molar-refractivity contribution in [3.05, 3.63) is 36.0 Å². The molecule has 0 fully saturated rings. The number of carbonyl (C=O) groups excluding carboxylic acids is 1. The zero-order valence-corrected chi connectivity index (χ0v) is 13.9. The van der Waals surface area contributed by atoms with Gasteiger partial charge in [0.2, 0.25) is 0 Å². The lowest BCUT2D eigenvalue weighted by Gasteiger charge is -2.20. The Balaban J connectivity index is 1.66. The lowest BCUT2D eigenvalue weighted by atomic mass is 10.3. The number of hydrogen-bond acceptors (Lipinski definition) is 4. The van der Waals surface area contributed by atoms with Crippen LogP contribution in [0, 0.1) is 0 Å². The van der Waals surface area contributed by atoms with Crippen LogP contribution in [-0.4, -0.2) is 33.9 Å². The topological polar surface area (TPSA) is 85.4 Å². The first-order chi connectivity index (χ1) is 11.7. The maximum atomic E-state index is 12.6. The first-order valence-corrected chi connectivity index (χ1v) is 8.26. The zero-order valence-electron chi connectivity index (χ0n) is 13.9. The van der Waals surface area contributed by atoms with Crippen LogP contribution in [0.5, 0.6) is 5.75 Å². The Morgan fingerprint density at radius 1 is 1.38 bits per heavy atom. The van der Waals surface area contributed by atoms with Crippen molar-refractivity contribution in [3.8, 4) is 5.75 Å². The van der Waals surface area contributed by atoms with Gasteiger partial charge >= 0.3 is 6.03 Å². The van der Waals surface area contributed by atoms with Gasteiger partial charge in [0.15, 0.2) is 0 Å². The van der Waals surface area contributed by atoms with Crippen LogP contribution in [0.2, 0.25) is 0 Å². The summed E-state index contributed by atoms with van der Waals surface area (Å²) in [7, 11) is 0. The van der Waals surface area contributed by atoms with Crippen LogP contribution in [0.25, 0.3) is 0 Å². The van der Waals surface area contributed by atoms with Crippen molar-refractivity contribution >= 4 is 17.5 Å². The molecule has 7 heteroatoms. The molecule has 0 bridgehead atoms. The fraction of sp³-hybridized carbons (Fsp3) is 0.412. The molecule has 7 nitrogen and oxygen atoms in total. The highest BCUT2D eigenvalue weighted by Crippen LogP contribution is 2.20. The van der Waals surface area contributed by atoms with Crippen molar-refractivity contribution in [1.29, 1.82) is 0 Å². The summed E-state index contributed by atoms with van der Waals surface area (Å²) in [6.45, 7) is 4.68. The molecule has 0 unspecified atom stereocenters. The van der Waals surface area contributed by atoms with Gasteiger partial charge in [0.25, 0.3) is 0 Å². The third-order valence-corrected chi connectivity index (χ3v) is 3.88. The van der Waals surface area contributed by atoms with Crippen molar-refractivity contribution < 1.29 is 9.53 Å². The van der Waals surface area contributed by atoms with E-state index >= 15 is 0 Å². The molecule has 0 aliphatic carbocycles. The van der Waals surface area contributed by atoms with Crippen LogP contribution in [0.1, 0.15) is 25.5 Å². The van der Waals surface area contributed by atoms with Gasteiger partial charge in [-0.1, -0.05) is 13.0 Å². The largest absolute Gasteiger partial charge is 0.494 e. The first-order valence-electron chi connectivity index (χ1n) is 8.26. The number of aromatic nitrogens is 2. The molecule has 0 spiro atoms. The minimum absolute atomic E-state index is 0.129. The summed E-state index contributed by atoms with van der Waals surface area (Å²) in [4.78, 5) is 14.4. The number of fused-ring (bicyclic) bond motifs is 1. The molecule has 2 aromatic rings. The second kappa shape index (κ2) is 7.25.